The highest BCUT2D eigenvalue weighted by Crippen LogP contribution is 2.32. The Bertz CT molecular complexity index is 681. The first-order chi connectivity index (χ1) is 11.0. The van der Waals surface area contributed by atoms with E-state index in [0.29, 0.717) is 22.8 Å². The molecule has 1 atom stereocenters. The predicted molar refractivity (Wildman–Crippen MR) is 88.0 cm³/mol. The number of carbonyl (C=O) groups is 3. The van der Waals surface area contributed by atoms with Gasteiger partial charge in [0.1, 0.15) is 5.25 Å². The summed E-state index contributed by atoms with van der Waals surface area (Å²) in [5.74, 6) is -0.604. The van der Waals surface area contributed by atoms with Gasteiger partial charge in [0, 0.05) is 23.9 Å². The van der Waals surface area contributed by atoms with E-state index in [2.05, 4.69) is 0 Å². The number of hydrogen-bond acceptors (Lipinski definition) is 6. The average molecular weight is 355 g/mol. The van der Waals surface area contributed by atoms with Crippen LogP contribution < -0.4 is 4.90 Å². The smallest absolute Gasteiger partial charge is 0.320 e. The molecule has 0 unspecified atom stereocenters. The summed E-state index contributed by atoms with van der Waals surface area (Å²) in [5, 5.41) is 0.152. The van der Waals surface area contributed by atoms with E-state index in [-0.39, 0.29) is 17.9 Å². The van der Waals surface area contributed by atoms with Crippen LogP contribution in [0.3, 0.4) is 0 Å². The highest BCUT2D eigenvalue weighted by molar-refractivity contribution is 8.00. The minimum atomic E-state index is -0.560. The number of Topliss-reactive ketones (excluding diaryl/α,β-unsaturated/α-hetero) is 1. The van der Waals surface area contributed by atoms with Crippen molar-refractivity contribution in [1.82, 2.24) is 4.90 Å². The monoisotopic (exact) mass is 354 g/mol. The molecule has 23 heavy (non-hydrogen) atoms. The van der Waals surface area contributed by atoms with Crippen LogP contribution in [0.15, 0.2) is 18.2 Å². The number of ether oxygens (including phenoxy) is 1. The summed E-state index contributed by atoms with van der Waals surface area (Å²) in [6.07, 6.45) is 0. The molecule has 2 aliphatic rings. The molecule has 2 heterocycles. The van der Waals surface area contributed by atoms with Gasteiger partial charge in [-0.2, -0.15) is 0 Å². The Kier molecular flexibility index (Phi) is 4.61. The van der Waals surface area contributed by atoms with E-state index in [9.17, 15) is 14.4 Å². The van der Waals surface area contributed by atoms with Crippen molar-refractivity contribution in [2.45, 2.75) is 5.25 Å². The van der Waals surface area contributed by atoms with Crippen LogP contribution in [0.1, 0.15) is 10.4 Å². The molecular weight excluding hydrogens is 340 g/mol. The standard InChI is InChI=1S/C15H15ClN2O4S/c1-22-15(21)12-7-17(4-5-23-12)8-18-11-3-2-9(16)6-10(11)13(19)14(18)20/h2-3,6,12H,4-5,7-8H2,1H3/t12-/m0/s1. The number of nitrogens with zero attached hydrogens (tertiary/aromatic N) is 2. The van der Waals surface area contributed by atoms with Crippen molar-refractivity contribution < 1.29 is 19.1 Å². The van der Waals surface area contributed by atoms with Crippen molar-refractivity contribution in [3.8, 4) is 0 Å². The van der Waals surface area contributed by atoms with Crippen molar-refractivity contribution in [3.05, 3.63) is 28.8 Å². The van der Waals surface area contributed by atoms with Gasteiger partial charge in [-0.15, -0.1) is 11.8 Å². The van der Waals surface area contributed by atoms with Gasteiger partial charge in [0.15, 0.2) is 0 Å². The van der Waals surface area contributed by atoms with E-state index in [1.165, 1.54) is 18.1 Å². The molecule has 8 heteroatoms. The van der Waals surface area contributed by atoms with E-state index in [0.717, 1.165) is 12.3 Å². The summed E-state index contributed by atoms with van der Waals surface area (Å²) in [6.45, 7) is 1.49. The Morgan fingerprint density at radius 1 is 1.43 bits per heavy atom. The van der Waals surface area contributed by atoms with Crippen molar-refractivity contribution in [3.63, 3.8) is 0 Å². The number of rotatable bonds is 3. The lowest BCUT2D eigenvalue weighted by molar-refractivity contribution is -0.140. The first kappa shape index (κ1) is 16.3. The molecule has 3 rings (SSSR count). The maximum absolute atomic E-state index is 12.2. The Labute approximate surface area is 142 Å². The van der Waals surface area contributed by atoms with Gasteiger partial charge in [0.2, 0.25) is 0 Å². The Balaban J connectivity index is 1.77. The first-order valence-corrected chi connectivity index (χ1v) is 8.51. The largest absolute Gasteiger partial charge is 0.468 e. The fourth-order valence-electron chi connectivity index (χ4n) is 2.72. The van der Waals surface area contributed by atoms with Gasteiger partial charge < -0.3 is 4.74 Å². The fraction of sp³-hybridized carbons (Fsp3) is 0.400. The van der Waals surface area contributed by atoms with Crippen molar-refractivity contribution in [2.75, 3.05) is 37.5 Å². The van der Waals surface area contributed by atoms with Crippen molar-refractivity contribution >= 4 is 46.7 Å². The lowest BCUT2D eigenvalue weighted by atomic mass is 10.1. The molecule has 0 bridgehead atoms. The number of carbonyl (C=O) groups excluding carboxylic acids is 3. The summed E-state index contributed by atoms with van der Waals surface area (Å²) in [7, 11) is 1.37. The summed E-state index contributed by atoms with van der Waals surface area (Å²) in [4.78, 5) is 39.4. The molecule has 0 radical (unpaired) electrons. The van der Waals surface area contributed by atoms with Gasteiger partial charge in [-0.3, -0.25) is 24.2 Å². The second-order valence-corrected chi connectivity index (χ2v) is 7.07. The molecule has 2 aliphatic heterocycles. The van der Waals surface area contributed by atoms with Crippen molar-refractivity contribution in [1.29, 1.82) is 0 Å². The zero-order valence-electron chi connectivity index (χ0n) is 12.5. The highest BCUT2D eigenvalue weighted by Gasteiger charge is 2.38. The van der Waals surface area contributed by atoms with Gasteiger partial charge in [-0.25, -0.2) is 0 Å². The molecule has 1 aromatic carbocycles. The summed E-state index contributed by atoms with van der Waals surface area (Å²) in [5.41, 5.74) is 0.899. The second-order valence-electron chi connectivity index (χ2n) is 5.32. The molecule has 0 aliphatic carbocycles. The first-order valence-electron chi connectivity index (χ1n) is 7.09. The SMILES string of the molecule is COC(=O)[C@@H]1CN(CN2C(=O)C(=O)c3cc(Cl)ccc32)CCS1. The third-order valence-corrected chi connectivity index (χ3v) is 5.29. The summed E-state index contributed by atoms with van der Waals surface area (Å²) < 4.78 is 4.78. The maximum Gasteiger partial charge on any atom is 0.320 e. The number of fused-ring (bicyclic) bond motifs is 1. The predicted octanol–water partition coefficient (Wildman–Crippen LogP) is 1.42. The van der Waals surface area contributed by atoms with Crippen LogP contribution in [0, 0.1) is 0 Å². The molecule has 0 N–H and O–H groups in total. The van der Waals surface area contributed by atoms with Crippen LogP contribution in [0.4, 0.5) is 5.69 Å². The van der Waals surface area contributed by atoms with Crippen LogP contribution in [-0.4, -0.2) is 60.4 Å². The summed E-state index contributed by atoms with van der Waals surface area (Å²) >= 11 is 7.44. The van der Waals surface area contributed by atoms with E-state index >= 15 is 0 Å². The number of methoxy groups -OCH3 is 1. The summed E-state index contributed by atoms with van der Waals surface area (Å²) in [6, 6.07) is 4.85. The molecule has 0 aromatic heterocycles. The zero-order chi connectivity index (χ0) is 16.6. The number of thioether (sulfide) groups is 1. The molecule has 6 nitrogen and oxygen atoms in total. The van der Waals surface area contributed by atoms with E-state index in [1.807, 2.05) is 4.90 Å². The van der Waals surface area contributed by atoms with Gasteiger partial charge in [0.05, 0.1) is 25.0 Å². The van der Waals surface area contributed by atoms with E-state index in [4.69, 9.17) is 16.3 Å². The Hall–Kier alpha value is -1.57. The Morgan fingerprint density at radius 2 is 2.22 bits per heavy atom. The molecule has 122 valence electrons. The van der Waals surface area contributed by atoms with Gasteiger partial charge in [-0.1, -0.05) is 11.6 Å². The third kappa shape index (κ3) is 3.08. The number of anilines is 1. The third-order valence-electron chi connectivity index (χ3n) is 3.89. The number of benzene rings is 1. The van der Waals surface area contributed by atoms with Crippen LogP contribution in [-0.2, 0) is 14.3 Å². The lowest BCUT2D eigenvalue weighted by Crippen LogP contribution is -2.48. The van der Waals surface area contributed by atoms with Gasteiger partial charge >= 0.3 is 11.9 Å². The molecule has 1 saturated heterocycles. The molecule has 0 spiro atoms. The van der Waals surface area contributed by atoms with Crippen LogP contribution >= 0.6 is 23.4 Å². The second kappa shape index (κ2) is 6.51. The quantitative estimate of drug-likeness (QED) is 0.604. The maximum atomic E-state index is 12.2. The number of esters is 1. The number of halogens is 1. The molecule has 0 saturated carbocycles. The topological polar surface area (TPSA) is 66.9 Å². The normalized spacial score (nSPS) is 21.5. The highest BCUT2D eigenvalue weighted by atomic mass is 35.5. The van der Waals surface area contributed by atoms with E-state index < -0.39 is 11.7 Å². The van der Waals surface area contributed by atoms with Gasteiger partial charge in [-0.05, 0) is 18.2 Å². The molecule has 1 amide bonds. The Morgan fingerprint density at radius 3 is 2.96 bits per heavy atom. The number of ketones is 1. The van der Waals surface area contributed by atoms with Gasteiger partial charge in [0.25, 0.3) is 5.78 Å². The molecule has 1 fully saturated rings. The van der Waals surface area contributed by atoms with Crippen LogP contribution in [0.2, 0.25) is 5.02 Å². The fourth-order valence-corrected chi connectivity index (χ4v) is 4.09. The zero-order valence-corrected chi connectivity index (χ0v) is 14.0. The average Bonchev–Trinajstić information content (AvgIpc) is 2.79. The molecular formula is C15H15ClN2O4S. The van der Waals surface area contributed by atoms with E-state index in [1.54, 1.807) is 23.9 Å². The van der Waals surface area contributed by atoms with Crippen molar-refractivity contribution in [2.24, 2.45) is 0 Å². The number of hydrogen-bond donors (Lipinski definition) is 0. The molecule has 1 aromatic rings. The minimum Gasteiger partial charge on any atom is -0.468 e. The van der Waals surface area contributed by atoms with Crippen LogP contribution in [0.5, 0.6) is 0 Å². The minimum absolute atomic E-state index is 0.268. The number of amides is 1. The lowest BCUT2D eigenvalue weighted by Gasteiger charge is -2.33. The van der Waals surface area contributed by atoms with Crippen LogP contribution in [0.25, 0.3) is 0 Å².